The van der Waals surface area contributed by atoms with Crippen molar-refractivity contribution in [2.75, 3.05) is 6.54 Å². The molecule has 1 saturated heterocycles. The molecule has 3 aliphatic rings. The highest BCUT2D eigenvalue weighted by atomic mass is 19.4. The Labute approximate surface area is 185 Å². The van der Waals surface area contributed by atoms with Crippen molar-refractivity contribution in [1.82, 2.24) is 15.2 Å². The zero-order valence-corrected chi connectivity index (χ0v) is 18.6. The summed E-state index contributed by atoms with van der Waals surface area (Å²) in [6.45, 7) is 6.04. The SMILES string of the molecule is CC(C)(C)C(=O)O[C@@H]1C2[C@H]3CC(C[C@@H]1C3NCc1ccccn1)CN2C(=O)CC(F)(F)F. The molecule has 1 N–H and O–H groups in total. The van der Waals surface area contributed by atoms with Crippen molar-refractivity contribution < 1.29 is 27.5 Å². The number of amides is 1. The van der Waals surface area contributed by atoms with Crippen LogP contribution in [-0.2, 0) is 20.9 Å². The van der Waals surface area contributed by atoms with Gasteiger partial charge in [-0.2, -0.15) is 13.2 Å². The first-order chi connectivity index (χ1) is 14.9. The molecule has 1 amide bonds. The summed E-state index contributed by atoms with van der Waals surface area (Å²) in [7, 11) is 0. The van der Waals surface area contributed by atoms with E-state index in [1.54, 1.807) is 27.0 Å². The number of carbonyl (C=O) groups is 2. The number of alkyl halides is 3. The van der Waals surface area contributed by atoms with Crippen LogP contribution in [0.4, 0.5) is 13.2 Å². The quantitative estimate of drug-likeness (QED) is 0.693. The van der Waals surface area contributed by atoms with E-state index in [0.29, 0.717) is 19.5 Å². The number of hydrogen-bond acceptors (Lipinski definition) is 5. The van der Waals surface area contributed by atoms with Gasteiger partial charge in [-0.1, -0.05) is 6.07 Å². The maximum atomic E-state index is 13.0. The molecule has 1 aromatic rings. The number of halogens is 3. The number of ether oxygens (including phenoxy) is 1. The minimum Gasteiger partial charge on any atom is -0.459 e. The van der Waals surface area contributed by atoms with E-state index in [1.165, 1.54) is 4.90 Å². The monoisotopic (exact) mass is 453 g/mol. The van der Waals surface area contributed by atoms with Crippen LogP contribution in [0, 0.1) is 23.2 Å². The summed E-state index contributed by atoms with van der Waals surface area (Å²) in [6.07, 6.45) is -3.44. The molecule has 176 valence electrons. The van der Waals surface area contributed by atoms with E-state index in [0.717, 1.165) is 12.1 Å². The number of carbonyl (C=O) groups excluding carboxylic acids is 2. The van der Waals surface area contributed by atoms with E-state index in [9.17, 15) is 22.8 Å². The Hall–Kier alpha value is -2.16. The summed E-state index contributed by atoms with van der Waals surface area (Å²) in [5.74, 6) is -1.33. The summed E-state index contributed by atoms with van der Waals surface area (Å²) >= 11 is 0. The molecule has 32 heavy (non-hydrogen) atoms. The summed E-state index contributed by atoms with van der Waals surface area (Å²) in [5, 5.41) is 3.52. The van der Waals surface area contributed by atoms with Crippen molar-refractivity contribution in [1.29, 1.82) is 0 Å². The van der Waals surface area contributed by atoms with Gasteiger partial charge in [0.15, 0.2) is 0 Å². The predicted octanol–water partition coefficient (Wildman–Crippen LogP) is 3.32. The summed E-state index contributed by atoms with van der Waals surface area (Å²) < 4.78 is 45.0. The fourth-order valence-electron chi connectivity index (χ4n) is 5.65. The van der Waals surface area contributed by atoms with E-state index < -0.39 is 42.0 Å². The van der Waals surface area contributed by atoms with Crippen molar-refractivity contribution >= 4 is 11.9 Å². The van der Waals surface area contributed by atoms with Crippen molar-refractivity contribution in [3.05, 3.63) is 30.1 Å². The summed E-state index contributed by atoms with van der Waals surface area (Å²) in [6, 6.07) is 5.03. The number of hydrogen-bond donors (Lipinski definition) is 1. The lowest BCUT2D eigenvalue weighted by atomic mass is 9.74. The summed E-state index contributed by atoms with van der Waals surface area (Å²) in [4.78, 5) is 31.1. The van der Waals surface area contributed by atoms with Crippen LogP contribution in [0.3, 0.4) is 0 Å². The fraction of sp³-hybridized carbons (Fsp3) is 0.696. The third-order valence-corrected chi connectivity index (χ3v) is 6.92. The van der Waals surface area contributed by atoms with E-state index in [-0.39, 0.29) is 23.8 Å². The third-order valence-electron chi connectivity index (χ3n) is 6.92. The number of nitrogens with one attached hydrogen (secondary N) is 1. The van der Waals surface area contributed by atoms with Crippen molar-refractivity contribution in [3.8, 4) is 0 Å². The second-order valence-corrected chi connectivity index (χ2v) is 10.3. The van der Waals surface area contributed by atoms with Crippen LogP contribution in [0.15, 0.2) is 24.4 Å². The lowest BCUT2D eigenvalue weighted by Crippen LogP contribution is -2.56. The zero-order valence-electron chi connectivity index (χ0n) is 18.6. The minimum atomic E-state index is -4.57. The topological polar surface area (TPSA) is 71.5 Å². The van der Waals surface area contributed by atoms with Crippen molar-refractivity contribution in [2.24, 2.45) is 23.2 Å². The number of likely N-dealkylation sites (tertiary alicyclic amines) is 1. The predicted molar refractivity (Wildman–Crippen MR) is 110 cm³/mol. The average molecular weight is 454 g/mol. The Morgan fingerprint density at radius 1 is 1.19 bits per heavy atom. The molecule has 2 saturated carbocycles. The molecule has 1 aliphatic heterocycles. The van der Waals surface area contributed by atoms with Gasteiger partial charge in [0.25, 0.3) is 0 Å². The highest BCUT2D eigenvalue weighted by Gasteiger charge is 2.62. The first kappa shape index (κ1) is 23.0. The third kappa shape index (κ3) is 4.63. The highest BCUT2D eigenvalue weighted by Crippen LogP contribution is 2.52. The smallest absolute Gasteiger partial charge is 0.397 e. The van der Waals surface area contributed by atoms with Crippen LogP contribution in [0.5, 0.6) is 0 Å². The van der Waals surface area contributed by atoms with Gasteiger partial charge >= 0.3 is 12.1 Å². The summed E-state index contributed by atoms with van der Waals surface area (Å²) in [5.41, 5.74) is 0.114. The van der Waals surface area contributed by atoms with Gasteiger partial charge in [0.1, 0.15) is 12.5 Å². The molecular weight excluding hydrogens is 423 g/mol. The second kappa shape index (κ2) is 8.32. The standard InChI is InChI=1S/C23H30F3N3O3/c1-22(2,3)21(31)32-20-16-9-13-8-15(18(16)28-11-14-6-4-5-7-27-14)19(20)29(12-13)17(30)10-23(24,25)26/h4-7,13,15-16,18-20,28H,8-12H2,1-3H3/t13?,15-,16+,18?,19?,20-/m0/s1. The largest absolute Gasteiger partial charge is 0.459 e. The molecule has 9 heteroatoms. The van der Waals surface area contributed by atoms with Gasteiger partial charge in [-0.15, -0.1) is 0 Å². The van der Waals surface area contributed by atoms with Crippen LogP contribution in [0.25, 0.3) is 0 Å². The van der Waals surface area contributed by atoms with Gasteiger partial charge in [-0.25, -0.2) is 0 Å². The van der Waals surface area contributed by atoms with Crippen LogP contribution < -0.4 is 5.32 Å². The molecule has 3 bridgehead atoms. The van der Waals surface area contributed by atoms with Crippen molar-refractivity contribution in [3.63, 3.8) is 0 Å². The average Bonchev–Trinajstić information content (AvgIpc) is 2.80. The highest BCUT2D eigenvalue weighted by molar-refractivity contribution is 5.78. The first-order valence-electron chi connectivity index (χ1n) is 11.1. The molecule has 6 nitrogen and oxygen atoms in total. The molecule has 0 aromatic carbocycles. The number of aromatic nitrogens is 1. The Bertz CT molecular complexity index is 856. The Morgan fingerprint density at radius 3 is 2.53 bits per heavy atom. The number of pyridine rings is 1. The van der Waals surface area contributed by atoms with E-state index in [2.05, 4.69) is 10.3 Å². The van der Waals surface area contributed by atoms with Crippen LogP contribution >= 0.6 is 0 Å². The normalized spacial score (nSPS) is 31.6. The van der Waals surface area contributed by atoms with E-state index in [1.807, 2.05) is 18.2 Å². The lowest BCUT2D eigenvalue weighted by Gasteiger charge is -2.45. The van der Waals surface area contributed by atoms with Gasteiger partial charge in [0.05, 0.1) is 17.2 Å². The Kier molecular flexibility index (Phi) is 5.98. The Morgan fingerprint density at radius 2 is 1.91 bits per heavy atom. The van der Waals surface area contributed by atoms with Gasteiger partial charge in [-0.05, 0) is 57.6 Å². The fourth-order valence-corrected chi connectivity index (χ4v) is 5.65. The number of nitrogens with zero attached hydrogens (tertiary/aromatic N) is 2. The van der Waals surface area contributed by atoms with Gasteiger partial charge < -0.3 is 15.0 Å². The van der Waals surface area contributed by atoms with Gasteiger partial charge in [-0.3, -0.25) is 14.6 Å². The second-order valence-electron chi connectivity index (χ2n) is 10.3. The van der Waals surface area contributed by atoms with E-state index >= 15 is 0 Å². The van der Waals surface area contributed by atoms with Gasteiger partial charge in [0, 0.05) is 31.2 Å². The molecule has 4 rings (SSSR count). The van der Waals surface area contributed by atoms with E-state index in [4.69, 9.17) is 4.74 Å². The van der Waals surface area contributed by atoms with Gasteiger partial charge in [0.2, 0.25) is 5.91 Å². The molecule has 0 spiro atoms. The maximum absolute atomic E-state index is 13.0. The Balaban J connectivity index is 1.60. The molecular formula is C23H30F3N3O3. The van der Waals surface area contributed by atoms with Crippen LogP contribution in [-0.4, -0.2) is 52.7 Å². The molecule has 2 aliphatic carbocycles. The first-order valence-corrected chi connectivity index (χ1v) is 11.1. The number of esters is 1. The van der Waals surface area contributed by atoms with Crippen LogP contribution in [0.1, 0.15) is 45.7 Å². The number of rotatable bonds is 5. The van der Waals surface area contributed by atoms with Crippen LogP contribution in [0.2, 0.25) is 0 Å². The molecule has 0 radical (unpaired) electrons. The minimum absolute atomic E-state index is 0.0533. The molecule has 6 atom stereocenters. The molecule has 3 unspecified atom stereocenters. The molecule has 1 aromatic heterocycles. The molecule has 3 fully saturated rings. The van der Waals surface area contributed by atoms with Crippen molar-refractivity contribution in [2.45, 2.75) is 70.9 Å². The maximum Gasteiger partial charge on any atom is 0.397 e. The molecule has 2 heterocycles. The number of piperidine rings is 1. The lowest BCUT2D eigenvalue weighted by molar-refractivity contribution is -0.173. The zero-order chi connectivity index (χ0) is 23.3. The number of fused-ring (bicyclic) bond motifs is 2.